The summed E-state index contributed by atoms with van der Waals surface area (Å²) < 4.78 is 5.69. The second-order valence-corrected chi connectivity index (χ2v) is 7.02. The number of carbonyl (C=O) groups excluding carboxylic acids is 1. The molecule has 7 heteroatoms. The van der Waals surface area contributed by atoms with Crippen molar-refractivity contribution in [1.29, 1.82) is 0 Å². The number of amides is 1. The third-order valence-corrected chi connectivity index (χ3v) is 5.61. The van der Waals surface area contributed by atoms with Gasteiger partial charge in [0.2, 0.25) is 5.91 Å². The van der Waals surface area contributed by atoms with Crippen molar-refractivity contribution < 1.29 is 9.53 Å². The molecule has 1 saturated carbocycles. The molecule has 2 fully saturated rings. The molecule has 2 aliphatic rings. The fraction of sp³-hybridized carbons (Fsp3) is 0.938. The molecule has 0 radical (unpaired) electrons. The minimum Gasteiger partial charge on any atom is -0.378 e. The molecule has 2 rings (SSSR count). The van der Waals surface area contributed by atoms with Gasteiger partial charge >= 0.3 is 0 Å². The summed E-state index contributed by atoms with van der Waals surface area (Å²) in [5, 5.41) is 3.18. The Balaban J connectivity index is 0.00000242. The molecule has 138 valence electrons. The number of hydrogen-bond donors (Lipinski definition) is 2. The van der Waals surface area contributed by atoms with E-state index in [2.05, 4.69) is 17.1 Å². The quantitative estimate of drug-likeness (QED) is 0.777. The maximum Gasteiger partial charge on any atom is 0.241 e. The van der Waals surface area contributed by atoms with Gasteiger partial charge in [0.05, 0.1) is 6.10 Å². The average Bonchev–Trinajstić information content (AvgIpc) is 2.47. The van der Waals surface area contributed by atoms with Crippen LogP contribution in [0.4, 0.5) is 0 Å². The molecule has 3 N–H and O–H groups in total. The Morgan fingerprint density at radius 2 is 1.83 bits per heavy atom. The van der Waals surface area contributed by atoms with Gasteiger partial charge in [-0.15, -0.1) is 24.8 Å². The summed E-state index contributed by atoms with van der Waals surface area (Å²) in [6.45, 7) is 12.1. The first-order valence-corrected chi connectivity index (χ1v) is 8.29. The van der Waals surface area contributed by atoms with E-state index in [0.717, 1.165) is 32.5 Å². The summed E-state index contributed by atoms with van der Waals surface area (Å²) in [5.74, 6) is -0.00148. The molecule has 23 heavy (non-hydrogen) atoms. The fourth-order valence-corrected chi connectivity index (χ4v) is 3.53. The second-order valence-electron chi connectivity index (χ2n) is 7.02. The average molecular weight is 370 g/mol. The van der Waals surface area contributed by atoms with Gasteiger partial charge in [-0.25, -0.2) is 0 Å². The number of rotatable bonds is 5. The van der Waals surface area contributed by atoms with Crippen LogP contribution in [0, 0.1) is 5.41 Å². The van der Waals surface area contributed by atoms with E-state index in [1.165, 1.54) is 0 Å². The molecular formula is C16H33Cl2N3O2. The number of piperidine rings is 1. The van der Waals surface area contributed by atoms with Crippen LogP contribution >= 0.6 is 24.8 Å². The van der Waals surface area contributed by atoms with Crippen LogP contribution in [0.1, 0.15) is 47.0 Å². The molecule has 0 spiro atoms. The number of nitrogens with one attached hydrogen (secondary N) is 1. The van der Waals surface area contributed by atoms with Gasteiger partial charge in [-0.2, -0.15) is 0 Å². The number of nitrogens with two attached hydrogens (primary N) is 1. The molecule has 1 saturated heterocycles. The van der Waals surface area contributed by atoms with E-state index in [4.69, 9.17) is 10.5 Å². The van der Waals surface area contributed by atoms with Gasteiger partial charge < -0.3 is 20.7 Å². The van der Waals surface area contributed by atoms with Crippen LogP contribution < -0.4 is 11.1 Å². The lowest BCUT2D eigenvalue weighted by Crippen LogP contribution is -2.76. The van der Waals surface area contributed by atoms with Crippen molar-refractivity contribution in [2.75, 3.05) is 26.2 Å². The predicted molar refractivity (Wildman–Crippen MR) is 98.5 cm³/mol. The van der Waals surface area contributed by atoms with Gasteiger partial charge in [-0.3, -0.25) is 4.79 Å². The Hall–Kier alpha value is -0.0700. The molecule has 1 heterocycles. The van der Waals surface area contributed by atoms with Crippen molar-refractivity contribution >= 4 is 30.7 Å². The minimum atomic E-state index is -0.797. The van der Waals surface area contributed by atoms with Gasteiger partial charge in [-0.1, -0.05) is 20.8 Å². The topological polar surface area (TPSA) is 67.6 Å². The van der Waals surface area contributed by atoms with Gasteiger partial charge in [0, 0.05) is 37.6 Å². The molecule has 2 unspecified atom stereocenters. The van der Waals surface area contributed by atoms with E-state index in [-0.39, 0.29) is 48.3 Å². The first kappa shape index (κ1) is 22.9. The normalized spacial score (nSPS) is 30.6. The third-order valence-electron chi connectivity index (χ3n) is 5.61. The Bertz CT molecular complexity index is 388. The van der Waals surface area contributed by atoms with E-state index >= 15 is 0 Å². The smallest absolute Gasteiger partial charge is 0.241 e. The highest BCUT2D eigenvalue weighted by Crippen LogP contribution is 2.49. The second kappa shape index (κ2) is 8.86. The highest BCUT2D eigenvalue weighted by atomic mass is 35.5. The summed E-state index contributed by atoms with van der Waals surface area (Å²) in [6.07, 6.45) is 2.74. The van der Waals surface area contributed by atoms with Gasteiger partial charge in [0.1, 0.15) is 5.54 Å². The number of nitrogens with zero attached hydrogens (tertiary/aromatic N) is 1. The number of ether oxygens (including phenoxy) is 1. The highest BCUT2D eigenvalue weighted by Gasteiger charge is 2.63. The molecule has 0 bridgehead atoms. The van der Waals surface area contributed by atoms with Gasteiger partial charge in [-0.05, 0) is 26.3 Å². The molecular weight excluding hydrogens is 337 g/mol. The first-order valence-electron chi connectivity index (χ1n) is 8.29. The molecule has 0 aromatic carbocycles. The van der Waals surface area contributed by atoms with Crippen LogP contribution in [0.3, 0.4) is 0 Å². The summed E-state index contributed by atoms with van der Waals surface area (Å²) in [7, 11) is 0. The monoisotopic (exact) mass is 369 g/mol. The standard InChI is InChI=1S/C16H31N3O2.2ClH/c1-5-19-9-7-12(8-10-19)18-14(20)16(17)11-13(21-6-2)15(16,3)4;;/h12-13H,5-11,17H2,1-4H3,(H,18,20);2*1H. The van der Waals surface area contributed by atoms with Gasteiger partial charge in [0.25, 0.3) is 0 Å². The van der Waals surface area contributed by atoms with Crippen molar-refractivity contribution in [2.24, 2.45) is 11.1 Å². The molecule has 5 nitrogen and oxygen atoms in total. The zero-order valence-electron chi connectivity index (χ0n) is 14.8. The number of carbonyl (C=O) groups is 1. The fourth-order valence-electron chi connectivity index (χ4n) is 3.53. The molecule has 0 aromatic heterocycles. The van der Waals surface area contributed by atoms with Crippen LogP contribution in [-0.4, -0.2) is 54.7 Å². The maximum atomic E-state index is 12.6. The largest absolute Gasteiger partial charge is 0.378 e. The van der Waals surface area contributed by atoms with Crippen LogP contribution in [0.2, 0.25) is 0 Å². The van der Waals surface area contributed by atoms with E-state index in [0.29, 0.717) is 13.0 Å². The van der Waals surface area contributed by atoms with Crippen LogP contribution in [0.25, 0.3) is 0 Å². The first-order chi connectivity index (χ1) is 9.85. The summed E-state index contributed by atoms with van der Waals surface area (Å²) in [4.78, 5) is 15.0. The van der Waals surface area contributed by atoms with Gasteiger partial charge in [0.15, 0.2) is 0 Å². The zero-order chi connectivity index (χ0) is 15.7. The lowest BCUT2D eigenvalue weighted by atomic mass is 9.54. The number of likely N-dealkylation sites (tertiary alicyclic amines) is 1. The van der Waals surface area contributed by atoms with E-state index in [1.54, 1.807) is 0 Å². The Morgan fingerprint density at radius 1 is 1.26 bits per heavy atom. The Labute approximate surface area is 152 Å². The van der Waals surface area contributed by atoms with E-state index in [9.17, 15) is 4.79 Å². The van der Waals surface area contributed by atoms with Crippen molar-refractivity contribution in [2.45, 2.75) is 64.6 Å². The molecule has 0 aromatic rings. The van der Waals surface area contributed by atoms with E-state index < -0.39 is 5.54 Å². The third kappa shape index (κ3) is 4.31. The van der Waals surface area contributed by atoms with E-state index in [1.807, 2.05) is 20.8 Å². The number of hydrogen-bond acceptors (Lipinski definition) is 4. The number of halogens is 2. The lowest BCUT2D eigenvalue weighted by Gasteiger charge is -2.57. The summed E-state index contributed by atoms with van der Waals surface area (Å²) in [5.41, 5.74) is 5.31. The SMILES string of the molecule is CCOC1CC(N)(C(=O)NC2CCN(CC)CC2)C1(C)C.Cl.Cl. The van der Waals surface area contributed by atoms with Crippen molar-refractivity contribution in [3.05, 3.63) is 0 Å². The Morgan fingerprint density at radius 3 is 2.26 bits per heavy atom. The lowest BCUT2D eigenvalue weighted by molar-refractivity contribution is -0.171. The minimum absolute atomic E-state index is 0. The molecule has 1 aliphatic heterocycles. The zero-order valence-corrected chi connectivity index (χ0v) is 16.4. The molecule has 1 aliphatic carbocycles. The molecule has 1 amide bonds. The van der Waals surface area contributed by atoms with Crippen molar-refractivity contribution in [1.82, 2.24) is 10.2 Å². The summed E-state index contributed by atoms with van der Waals surface area (Å²) >= 11 is 0. The van der Waals surface area contributed by atoms with Crippen LogP contribution in [-0.2, 0) is 9.53 Å². The van der Waals surface area contributed by atoms with Crippen molar-refractivity contribution in [3.63, 3.8) is 0 Å². The summed E-state index contributed by atoms with van der Waals surface area (Å²) in [6, 6.07) is 0.266. The van der Waals surface area contributed by atoms with Crippen LogP contribution in [0.15, 0.2) is 0 Å². The maximum absolute atomic E-state index is 12.6. The Kier molecular flexibility index (Phi) is 8.83. The highest BCUT2D eigenvalue weighted by molar-refractivity contribution is 5.89. The van der Waals surface area contributed by atoms with Crippen LogP contribution in [0.5, 0.6) is 0 Å². The molecule has 2 atom stereocenters. The van der Waals surface area contributed by atoms with Crippen molar-refractivity contribution in [3.8, 4) is 0 Å². The predicted octanol–water partition coefficient (Wildman–Crippen LogP) is 1.96.